The molecule has 2 unspecified atom stereocenters. The number of aromatic nitrogens is 2. The van der Waals surface area contributed by atoms with E-state index in [4.69, 9.17) is 4.98 Å². The predicted molar refractivity (Wildman–Crippen MR) is 121 cm³/mol. The van der Waals surface area contributed by atoms with Gasteiger partial charge in [0.2, 0.25) is 0 Å². The largest absolute Gasteiger partial charge is 0.346 e. The lowest BCUT2D eigenvalue weighted by Gasteiger charge is -2.28. The molecule has 3 aliphatic rings. The maximum Gasteiger partial charge on any atom is 0.262 e. The van der Waals surface area contributed by atoms with Crippen LogP contribution in [0.3, 0.4) is 0 Å². The summed E-state index contributed by atoms with van der Waals surface area (Å²) in [6.45, 7) is 4.22. The maximum absolute atomic E-state index is 13.2. The average Bonchev–Trinajstić information content (AvgIpc) is 3.36. The highest BCUT2D eigenvalue weighted by molar-refractivity contribution is 7.91. The fourth-order valence-corrected chi connectivity index (χ4v) is 8.31. The Morgan fingerprint density at radius 3 is 2.61 bits per heavy atom. The number of fused-ring (bicyclic) bond motifs is 2. The van der Waals surface area contributed by atoms with Gasteiger partial charge >= 0.3 is 0 Å². The van der Waals surface area contributed by atoms with Gasteiger partial charge in [-0.2, -0.15) is 0 Å². The average molecular weight is 465 g/mol. The van der Waals surface area contributed by atoms with Gasteiger partial charge in [0.05, 0.1) is 27.8 Å². The van der Waals surface area contributed by atoms with Crippen LogP contribution in [0.2, 0.25) is 0 Å². The van der Waals surface area contributed by atoms with Crippen molar-refractivity contribution in [1.82, 2.24) is 19.8 Å². The monoisotopic (exact) mass is 464 g/mol. The first-order valence-corrected chi connectivity index (χ1v) is 13.8. The minimum atomic E-state index is -3.18. The highest BCUT2D eigenvalue weighted by atomic mass is 32.2. The zero-order valence-corrected chi connectivity index (χ0v) is 19.4. The van der Waals surface area contributed by atoms with Gasteiger partial charge in [0.15, 0.2) is 9.84 Å². The molecular formula is C21H28N4O4S2. The molecule has 1 amide bonds. The van der Waals surface area contributed by atoms with E-state index in [-0.39, 0.29) is 29.0 Å². The molecule has 2 atom stereocenters. The van der Waals surface area contributed by atoms with Crippen molar-refractivity contribution in [2.75, 3.05) is 24.6 Å². The lowest BCUT2D eigenvalue weighted by molar-refractivity contribution is 0.0922. The highest BCUT2D eigenvalue weighted by Gasteiger charge is 2.42. The smallest absolute Gasteiger partial charge is 0.262 e. The van der Waals surface area contributed by atoms with Gasteiger partial charge in [0.1, 0.15) is 10.7 Å². The van der Waals surface area contributed by atoms with Crippen LogP contribution in [0.1, 0.15) is 53.2 Å². The van der Waals surface area contributed by atoms with E-state index < -0.39 is 15.9 Å². The number of rotatable bonds is 3. The molecule has 2 fully saturated rings. The van der Waals surface area contributed by atoms with Gasteiger partial charge in [-0.25, -0.2) is 13.4 Å². The van der Waals surface area contributed by atoms with Gasteiger partial charge in [0.25, 0.3) is 11.5 Å². The molecule has 0 bridgehead atoms. The molecule has 0 aliphatic carbocycles. The Labute approximate surface area is 185 Å². The number of hydrogen-bond donors (Lipinski definition) is 1. The number of carbonyl (C=O) groups is 1. The highest BCUT2D eigenvalue weighted by Crippen LogP contribution is 2.29. The van der Waals surface area contributed by atoms with E-state index in [1.54, 1.807) is 11.5 Å². The third kappa shape index (κ3) is 3.82. The van der Waals surface area contributed by atoms with E-state index in [1.807, 2.05) is 0 Å². The van der Waals surface area contributed by atoms with Crippen LogP contribution in [0.15, 0.2) is 4.79 Å². The van der Waals surface area contributed by atoms with Gasteiger partial charge < -0.3 is 5.32 Å². The van der Waals surface area contributed by atoms with Crippen molar-refractivity contribution in [3.8, 4) is 0 Å². The second-order valence-electron chi connectivity index (χ2n) is 9.00. The first-order valence-electron chi connectivity index (χ1n) is 11.1. The summed E-state index contributed by atoms with van der Waals surface area (Å²) in [5, 5.41) is 3.52. The van der Waals surface area contributed by atoms with Gasteiger partial charge in [-0.05, 0) is 51.3 Å². The Morgan fingerprint density at radius 1 is 1.10 bits per heavy atom. The molecule has 31 heavy (non-hydrogen) atoms. The van der Waals surface area contributed by atoms with Crippen LogP contribution in [0, 0.1) is 6.92 Å². The van der Waals surface area contributed by atoms with Crippen molar-refractivity contribution in [2.45, 2.75) is 64.1 Å². The molecule has 168 valence electrons. The van der Waals surface area contributed by atoms with Crippen LogP contribution in [0.25, 0.3) is 10.2 Å². The zero-order valence-electron chi connectivity index (χ0n) is 17.7. The Bertz CT molecular complexity index is 1190. The summed E-state index contributed by atoms with van der Waals surface area (Å²) < 4.78 is 26.4. The standard InChI is InChI=1S/C21H28N4O4S2/c1-13-17-20(23-16-7-3-2-4-10-25(16)21(17)27)30-18(13)19(26)22-14-11-31(28,29)12-15(14)24-8-5-6-9-24/h14-15H,2-12H2,1H3,(H,22,26). The molecule has 10 heteroatoms. The Kier molecular flexibility index (Phi) is 5.42. The Morgan fingerprint density at radius 2 is 1.84 bits per heavy atom. The van der Waals surface area contributed by atoms with E-state index in [1.165, 1.54) is 11.3 Å². The first kappa shape index (κ1) is 21.1. The Balaban J connectivity index is 1.46. The molecule has 5 rings (SSSR count). The molecule has 2 aromatic rings. The molecule has 0 saturated carbocycles. The number of amides is 1. The molecule has 1 N–H and O–H groups in total. The third-order valence-corrected chi connectivity index (χ3v) is 9.77. The fraction of sp³-hybridized carbons (Fsp3) is 0.667. The van der Waals surface area contributed by atoms with Crippen molar-refractivity contribution in [2.24, 2.45) is 0 Å². The quantitative estimate of drug-likeness (QED) is 0.739. The minimum Gasteiger partial charge on any atom is -0.346 e. The number of hydrogen-bond acceptors (Lipinski definition) is 7. The topological polar surface area (TPSA) is 101 Å². The summed E-state index contributed by atoms with van der Waals surface area (Å²) in [4.78, 5) is 34.3. The van der Waals surface area contributed by atoms with Crippen molar-refractivity contribution in [1.29, 1.82) is 0 Å². The van der Waals surface area contributed by atoms with Gasteiger partial charge in [-0.3, -0.25) is 19.1 Å². The number of carbonyl (C=O) groups excluding carboxylic acids is 1. The third-order valence-electron chi connectivity index (χ3n) is 6.87. The number of nitrogens with one attached hydrogen (secondary N) is 1. The minimum absolute atomic E-state index is 0.0287. The molecule has 3 aliphatic heterocycles. The molecule has 5 heterocycles. The van der Waals surface area contributed by atoms with Crippen molar-refractivity contribution < 1.29 is 13.2 Å². The lowest BCUT2D eigenvalue weighted by Crippen LogP contribution is -2.50. The van der Waals surface area contributed by atoms with Crippen LogP contribution >= 0.6 is 11.3 Å². The molecule has 8 nitrogen and oxygen atoms in total. The molecule has 2 saturated heterocycles. The van der Waals surface area contributed by atoms with E-state index in [0.717, 1.165) is 57.4 Å². The van der Waals surface area contributed by atoms with Crippen LogP contribution in [-0.4, -0.2) is 65.5 Å². The number of likely N-dealkylation sites (tertiary alicyclic amines) is 1. The van der Waals surface area contributed by atoms with E-state index in [0.29, 0.717) is 27.2 Å². The van der Waals surface area contributed by atoms with E-state index in [2.05, 4.69) is 10.2 Å². The first-order chi connectivity index (χ1) is 14.8. The predicted octanol–water partition coefficient (Wildman–Crippen LogP) is 1.48. The van der Waals surface area contributed by atoms with Gasteiger partial charge in [-0.15, -0.1) is 11.3 Å². The van der Waals surface area contributed by atoms with Gasteiger partial charge in [0, 0.05) is 19.0 Å². The Hall–Kier alpha value is -1.78. The second kappa shape index (κ2) is 7.97. The summed E-state index contributed by atoms with van der Waals surface area (Å²) in [5.74, 6) is 0.573. The van der Waals surface area contributed by atoms with Gasteiger partial charge in [-0.1, -0.05) is 6.42 Å². The molecule has 0 aromatic carbocycles. The number of nitrogens with zero attached hydrogens (tertiary/aromatic N) is 3. The summed E-state index contributed by atoms with van der Waals surface area (Å²) >= 11 is 1.24. The van der Waals surface area contributed by atoms with E-state index >= 15 is 0 Å². The van der Waals surface area contributed by atoms with Crippen LogP contribution in [-0.2, 0) is 22.8 Å². The number of sulfone groups is 1. The number of aryl methyl sites for hydroxylation is 2. The second-order valence-corrected chi connectivity index (χ2v) is 12.2. The maximum atomic E-state index is 13.2. The van der Waals surface area contributed by atoms with E-state index in [9.17, 15) is 18.0 Å². The fourth-order valence-electron chi connectivity index (χ4n) is 5.26. The van der Waals surface area contributed by atoms with Crippen molar-refractivity contribution in [3.63, 3.8) is 0 Å². The molecular weight excluding hydrogens is 436 g/mol. The summed E-state index contributed by atoms with van der Waals surface area (Å²) in [6, 6.07) is -0.600. The lowest BCUT2D eigenvalue weighted by atomic mass is 10.1. The van der Waals surface area contributed by atoms with Crippen molar-refractivity contribution in [3.05, 3.63) is 26.6 Å². The number of thiophene rings is 1. The van der Waals surface area contributed by atoms with Crippen molar-refractivity contribution >= 4 is 37.3 Å². The molecule has 2 aromatic heterocycles. The summed E-state index contributed by atoms with van der Waals surface area (Å²) in [6.07, 6.45) is 5.97. The SMILES string of the molecule is Cc1c(C(=O)NC2CS(=O)(=O)CC2N2CCCC2)sc2nc3n(c(=O)c12)CCCCC3. The van der Waals surface area contributed by atoms with Crippen LogP contribution in [0.5, 0.6) is 0 Å². The normalized spacial score (nSPS) is 26.1. The summed E-state index contributed by atoms with van der Waals surface area (Å²) in [7, 11) is -3.18. The molecule has 0 radical (unpaired) electrons. The summed E-state index contributed by atoms with van der Waals surface area (Å²) in [5.41, 5.74) is 0.584. The molecule has 0 spiro atoms. The zero-order chi connectivity index (χ0) is 21.8. The van der Waals surface area contributed by atoms with Crippen LogP contribution < -0.4 is 10.9 Å². The van der Waals surface area contributed by atoms with Crippen LogP contribution in [0.4, 0.5) is 0 Å².